The lowest BCUT2D eigenvalue weighted by Gasteiger charge is -2.24. The smallest absolute Gasteiger partial charge is 0.0975 e. The number of aryl methyl sites for hydroxylation is 1. The second-order valence-electron chi connectivity index (χ2n) is 10.7. The average molecular weight is 419 g/mol. The zero-order valence-electron chi connectivity index (χ0n) is 21.0. The van der Waals surface area contributed by atoms with Crippen molar-refractivity contribution in [1.29, 1.82) is 0 Å². The molecule has 0 aliphatic heterocycles. The van der Waals surface area contributed by atoms with Crippen molar-refractivity contribution in [2.75, 3.05) is 6.61 Å². The Labute approximate surface area is 185 Å². The molecule has 172 valence electrons. The van der Waals surface area contributed by atoms with Crippen molar-refractivity contribution in [3.8, 4) is 0 Å². The quantitative estimate of drug-likeness (QED) is 0.391. The molecule has 0 amide bonds. The molecule has 0 spiro atoms. The molecule has 0 saturated carbocycles. The minimum Gasteiger partial charge on any atom is -0.387 e. The molecule has 0 aromatic carbocycles. The Bertz CT molecular complexity index is 669. The maximum Gasteiger partial charge on any atom is 0.0975 e. The molecule has 1 rings (SSSR count). The fourth-order valence-electron chi connectivity index (χ4n) is 3.24. The highest BCUT2D eigenvalue weighted by Crippen LogP contribution is 2.27. The molecule has 30 heavy (non-hydrogen) atoms. The predicted octanol–water partition coefficient (Wildman–Crippen LogP) is 7.06. The summed E-state index contributed by atoms with van der Waals surface area (Å²) in [5.41, 5.74) is 3.74. The van der Waals surface area contributed by atoms with Gasteiger partial charge >= 0.3 is 0 Å². The Morgan fingerprint density at radius 2 is 1.73 bits per heavy atom. The number of aliphatic hydroxyl groups is 1. The zero-order chi connectivity index (χ0) is 22.9. The summed E-state index contributed by atoms with van der Waals surface area (Å²) < 4.78 is 5.99. The van der Waals surface area contributed by atoms with Crippen molar-refractivity contribution in [2.45, 2.75) is 113 Å². The van der Waals surface area contributed by atoms with E-state index in [0.717, 1.165) is 43.7 Å². The summed E-state index contributed by atoms with van der Waals surface area (Å²) in [4.78, 5) is 9.20. The molecular weight excluding hydrogens is 372 g/mol. The van der Waals surface area contributed by atoms with Crippen LogP contribution in [-0.2, 0) is 4.74 Å². The van der Waals surface area contributed by atoms with E-state index in [-0.39, 0.29) is 11.0 Å². The lowest BCUT2D eigenvalue weighted by molar-refractivity contribution is -0.0253. The van der Waals surface area contributed by atoms with E-state index in [0.29, 0.717) is 11.6 Å². The molecule has 1 aromatic heterocycles. The fourth-order valence-corrected chi connectivity index (χ4v) is 3.24. The van der Waals surface area contributed by atoms with E-state index >= 15 is 0 Å². The predicted molar refractivity (Wildman–Crippen MR) is 127 cm³/mol. The fraction of sp³-hybridized carbons (Fsp3) is 0.769. The van der Waals surface area contributed by atoms with Gasteiger partial charge in [-0.25, -0.2) is 0 Å². The molecular formula is C26H46N2O2. The minimum atomic E-state index is -0.548. The van der Waals surface area contributed by atoms with Gasteiger partial charge in [-0.3, -0.25) is 9.97 Å². The number of nitrogens with zero attached hydrogens (tertiary/aromatic N) is 2. The third-order valence-electron chi connectivity index (χ3n) is 5.67. The molecule has 0 aliphatic rings. The summed E-state index contributed by atoms with van der Waals surface area (Å²) in [5, 5.41) is 10.6. The van der Waals surface area contributed by atoms with E-state index in [9.17, 15) is 5.11 Å². The van der Waals surface area contributed by atoms with Gasteiger partial charge in [0, 0.05) is 0 Å². The first-order valence-corrected chi connectivity index (χ1v) is 11.7. The lowest BCUT2D eigenvalue weighted by Crippen LogP contribution is -2.23. The maximum atomic E-state index is 10.6. The van der Waals surface area contributed by atoms with Gasteiger partial charge in [-0.15, -0.1) is 0 Å². The van der Waals surface area contributed by atoms with Gasteiger partial charge < -0.3 is 9.84 Å². The molecule has 2 atom stereocenters. The van der Waals surface area contributed by atoms with Gasteiger partial charge in [0.1, 0.15) is 0 Å². The lowest BCUT2D eigenvalue weighted by atomic mass is 9.87. The molecule has 0 bridgehead atoms. The van der Waals surface area contributed by atoms with Gasteiger partial charge in [0.05, 0.1) is 41.6 Å². The normalized spacial score (nSPS) is 15.3. The number of allylic oxidation sites excluding steroid dienone is 1. The van der Waals surface area contributed by atoms with E-state index in [1.165, 1.54) is 18.4 Å². The number of ether oxygens (including phenoxy) is 1. The van der Waals surface area contributed by atoms with Crippen LogP contribution >= 0.6 is 0 Å². The van der Waals surface area contributed by atoms with Crippen LogP contribution in [0.5, 0.6) is 0 Å². The Hall–Kier alpha value is -1.26. The van der Waals surface area contributed by atoms with E-state index in [4.69, 9.17) is 4.74 Å². The topological polar surface area (TPSA) is 55.2 Å². The van der Waals surface area contributed by atoms with Crippen LogP contribution in [0.15, 0.2) is 11.8 Å². The van der Waals surface area contributed by atoms with E-state index < -0.39 is 6.10 Å². The van der Waals surface area contributed by atoms with Gasteiger partial charge in [0.15, 0.2) is 0 Å². The summed E-state index contributed by atoms with van der Waals surface area (Å²) in [5.74, 6) is 0.602. The molecule has 1 N–H and O–H groups in total. The number of aromatic nitrogens is 2. The van der Waals surface area contributed by atoms with Crippen LogP contribution in [-0.4, -0.2) is 27.3 Å². The van der Waals surface area contributed by atoms with Crippen LogP contribution in [0, 0.1) is 18.3 Å². The van der Waals surface area contributed by atoms with E-state index in [1.807, 2.05) is 6.92 Å². The largest absolute Gasteiger partial charge is 0.387 e. The maximum absolute atomic E-state index is 10.6. The van der Waals surface area contributed by atoms with Crippen LogP contribution in [0.25, 0.3) is 6.08 Å². The number of hydrogen-bond acceptors (Lipinski definition) is 4. The van der Waals surface area contributed by atoms with Crippen molar-refractivity contribution < 1.29 is 9.84 Å². The molecule has 4 heteroatoms. The van der Waals surface area contributed by atoms with Crippen molar-refractivity contribution in [3.63, 3.8) is 0 Å². The van der Waals surface area contributed by atoms with Crippen molar-refractivity contribution in [2.24, 2.45) is 11.3 Å². The average Bonchev–Trinajstić information content (AvgIpc) is 2.62. The molecule has 4 nitrogen and oxygen atoms in total. The van der Waals surface area contributed by atoms with Gasteiger partial charge in [0.2, 0.25) is 0 Å². The van der Waals surface area contributed by atoms with Crippen LogP contribution in [0.2, 0.25) is 0 Å². The summed E-state index contributed by atoms with van der Waals surface area (Å²) >= 11 is 0. The third kappa shape index (κ3) is 10.2. The first kappa shape index (κ1) is 26.8. The summed E-state index contributed by atoms with van der Waals surface area (Å²) in [7, 11) is 0. The van der Waals surface area contributed by atoms with Crippen molar-refractivity contribution >= 4 is 6.08 Å². The van der Waals surface area contributed by atoms with Crippen LogP contribution in [0.1, 0.15) is 117 Å². The Balaban J connectivity index is 2.56. The van der Waals surface area contributed by atoms with Gasteiger partial charge in [-0.1, -0.05) is 52.5 Å². The standard InChI is InChI=1S/C26H46N2O2/c1-10-13-21(18-30-26(7,8)9)14-11-12-15-24(29)23-17-27-22(20(3)28-23)16-19(2)25(4,5)6/h16-17,21,24,29H,10-15,18H2,1-9H3/b19-16+. The first-order chi connectivity index (χ1) is 13.8. The second kappa shape index (κ2) is 12.0. The highest BCUT2D eigenvalue weighted by molar-refractivity contribution is 5.51. The van der Waals surface area contributed by atoms with Crippen LogP contribution < -0.4 is 0 Å². The van der Waals surface area contributed by atoms with Gasteiger partial charge in [-0.05, 0) is 71.3 Å². The van der Waals surface area contributed by atoms with Gasteiger partial charge in [-0.2, -0.15) is 0 Å². The number of hydrogen-bond donors (Lipinski definition) is 1. The molecule has 1 aromatic rings. The summed E-state index contributed by atoms with van der Waals surface area (Å²) in [6, 6.07) is 0. The highest BCUT2D eigenvalue weighted by atomic mass is 16.5. The van der Waals surface area contributed by atoms with E-state index in [2.05, 4.69) is 71.4 Å². The SMILES string of the molecule is CCCC(CCCCC(O)c1cnc(/C=C(\C)C(C)(C)C)c(C)n1)COC(C)(C)C. The Morgan fingerprint density at radius 1 is 1.10 bits per heavy atom. The molecule has 0 saturated heterocycles. The monoisotopic (exact) mass is 418 g/mol. The first-order valence-electron chi connectivity index (χ1n) is 11.7. The van der Waals surface area contributed by atoms with Crippen molar-refractivity contribution in [3.05, 3.63) is 28.9 Å². The summed E-state index contributed by atoms with van der Waals surface area (Å²) in [6.45, 7) is 20.1. The second-order valence-corrected chi connectivity index (χ2v) is 10.7. The molecule has 0 radical (unpaired) electrons. The number of aliphatic hydroxyl groups excluding tert-OH is 1. The number of unbranched alkanes of at least 4 members (excludes halogenated alkanes) is 1. The van der Waals surface area contributed by atoms with Crippen molar-refractivity contribution in [1.82, 2.24) is 9.97 Å². The highest BCUT2D eigenvalue weighted by Gasteiger charge is 2.17. The molecule has 2 unspecified atom stereocenters. The Kier molecular flexibility index (Phi) is 10.7. The molecule has 1 heterocycles. The minimum absolute atomic E-state index is 0.0779. The zero-order valence-corrected chi connectivity index (χ0v) is 21.0. The van der Waals surface area contributed by atoms with E-state index in [1.54, 1.807) is 6.20 Å². The summed E-state index contributed by atoms with van der Waals surface area (Å²) in [6.07, 6.45) is 9.64. The number of rotatable bonds is 11. The van der Waals surface area contributed by atoms with Crippen LogP contribution in [0.4, 0.5) is 0 Å². The van der Waals surface area contributed by atoms with Gasteiger partial charge in [0.25, 0.3) is 0 Å². The Morgan fingerprint density at radius 3 is 2.27 bits per heavy atom. The molecule has 0 fully saturated rings. The third-order valence-corrected chi connectivity index (χ3v) is 5.67. The van der Waals surface area contributed by atoms with Crippen LogP contribution in [0.3, 0.4) is 0 Å². The molecule has 0 aliphatic carbocycles.